The molecule has 1 unspecified atom stereocenters. The lowest BCUT2D eigenvalue weighted by Gasteiger charge is -2.22. The summed E-state index contributed by atoms with van der Waals surface area (Å²) in [6.45, 7) is 1.80. The van der Waals surface area contributed by atoms with Crippen molar-refractivity contribution in [1.82, 2.24) is 14.9 Å². The molecule has 0 spiro atoms. The van der Waals surface area contributed by atoms with Crippen LogP contribution in [0.3, 0.4) is 0 Å². The summed E-state index contributed by atoms with van der Waals surface area (Å²) < 4.78 is 5.70. The van der Waals surface area contributed by atoms with Gasteiger partial charge in [-0.3, -0.25) is 9.69 Å². The average Bonchev–Trinajstić information content (AvgIpc) is 2.63. The van der Waals surface area contributed by atoms with Crippen molar-refractivity contribution in [1.29, 1.82) is 0 Å². The van der Waals surface area contributed by atoms with Crippen molar-refractivity contribution in [3.63, 3.8) is 0 Å². The highest BCUT2D eigenvalue weighted by Crippen LogP contribution is 2.24. The summed E-state index contributed by atoms with van der Waals surface area (Å²) in [6.07, 6.45) is 6.73. The van der Waals surface area contributed by atoms with Crippen molar-refractivity contribution in [3.05, 3.63) is 59.7 Å². The van der Waals surface area contributed by atoms with Crippen molar-refractivity contribution in [2.45, 2.75) is 38.5 Å². The van der Waals surface area contributed by atoms with Gasteiger partial charge in [-0.15, -0.1) is 0 Å². The maximum atomic E-state index is 11.2. The van der Waals surface area contributed by atoms with E-state index >= 15 is 0 Å². The quantitative estimate of drug-likeness (QED) is 0.834. The van der Waals surface area contributed by atoms with Crippen LogP contribution in [-0.2, 0) is 22.6 Å². The van der Waals surface area contributed by atoms with Gasteiger partial charge in [0.05, 0.1) is 6.54 Å². The highest BCUT2D eigenvalue weighted by molar-refractivity contribution is 5.69. The van der Waals surface area contributed by atoms with Crippen molar-refractivity contribution in [3.8, 4) is 0 Å². The van der Waals surface area contributed by atoms with Crippen LogP contribution in [0.4, 0.5) is 0 Å². The second-order valence-electron chi connectivity index (χ2n) is 6.33. The molecular formula is C19H23N3O3. The molecule has 1 atom stereocenters. The van der Waals surface area contributed by atoms with Crippen LogP contribution in [0.5, 0.6) is 0 Å². The Labute approximate surface area is 147 Å². The zero-order chi connectivity index (χ0) is 17.5. The van der Waals surface area contributed by atoms with Crippen LogP contribution in [0, 0.1) is 0 Å². The fourth-order valence-electron chi connectivity index (χ4n) is 3.02. The van der Waals surface area contributed by atoms with Gasteiger partial charge in [0.25, 0.3) is 0 Å². The molecule has 0 radical (unpaired) electrons. The molecule has 2 aromatic rings. The van der Waals surface area contributed by atoms with E-state index in [1.54, 1.807) is 12.4 Å². The first-order chi connectivity index (χ1) is 12.2. The second kappa shape index (κ2) is 8.69. The number of nitrogens with zero attached hydrogens (tertiary/aromatic N) is 3. The van der Waals surface area contributed by atoms with Gasteiger partial charge in [0.1, 0.15) is 6.10 Å². The van der Waals surface area contributed by atoms with Crippen LogP contribution in [0.15, 0.2) is 42.7 Å². The van der Waals surface area contributed by atoms with Crippen molar-refractivity contribution >= 4 is 5.97 Å². The SMILES string of the molecule is O=C(O)CN(Cc1ccccc1)Cc1cnc(C2CCCCO2)nc1. The van der Waals surface area contributed by atoms with Crippen LogP contribution in [0.25, 0.3) is 0 Å². The predicted molar refractivity (Wildman–Crippen MR) is 92.8 cm³/mol. The number of hydrogen-bond donors (Lipinski definition) is 1. The van der Waals surface area contributed by atoms with E-state index in [9.17, 15) is 4.79 Å². The standard InChI is InChI=1S/C19H23N3O3/c23-18(24)14-22(12-15-6-2-1-3-7-15)13-16-10-20-19(21-11-16)17-8-4-5-9-25-17/h1-3,6-7,10-11,17H,4-5,8-9,12-14H2,(H,23,24). The van der Waals surface area contributed by atoms with Gasteiger partial charge in [0.2, 0.25) is 0 Å². The molecule has 6 heteroatoms. The molecule has 0 amide bonds. The molecule has 2 heterocycles. The summed E-state index contributed by atoms with van der Waals surface area (Å²) in [5.74, 6) is -0.125. The molecule has 1 fully saturated rings. The van der Waals surface area contributed by atoms with Gasteiger partial charge in [-0.1, -0.05) is 30.3 Å². The Hall–Kier alpha value is -2.31. The van der Waals surface area contributed by atoms with Crippen LogP contribution >= 0.6 is 0 Å². The fraction of sp³-hybridized carbons (Fsp3) is 0.421. The second-order valence-corrected chi connectivity index (χ2v) is 6.33. The molecule has 1 saturated heterocycles. The van der Waals surface area contributed by atoms with E-state index in [1.807, 2.05) is 35.2 Å². The first-order valence-corrected chi connectivity index (χ1v) is 8.61. The first kappa shape index (κ1) is 17.5. The molecule has 1 aromatic carbocycles. The lowest BCUT2D eigenvalue weighted by Crippen LogP contribution is -2.29. The summed E-state index contributed by atoms with van der Waals surface area (Å²) in [6, 6.07) is 9.85. The number of hydrogen-bond acceptors (Lipinski definition) is 5. The number of aromatic nitrogens is 2. The predicted octanol–water partition coefficient (Wildman–Crippen LogP) is 2.81. The van der Waals surface area contributed by atoms with Crippen molar-refractivity contribution in [2.24, 2.45) is 0 Å². The summed E-state index contributed by atoms with van der Waals surface area (Å²) in [7, 11) is 0. The molecule has 25 heavy (non-hydrogen) atoms. The molecule has 6 nitrogen and oxygen atoms in total. The minimum atomic E-state index is -0.843. The lowest BCUT2D eigenvalue weighted by molar-refractivity contribution is -0.138. The zero-order valence-corrected chi connectivity index (χ0v) is 14.2. The van der Waals surface area contributed by atoms with E-state index < -0.39 is 5.97 Å². The van der Waals surface area contributed by atoms with Gasteiger partial charge < -0.3 is 9.84 Å². The fourth-order valence-corrected chi connectivity index (χ4v) is 3.02. The summed E-state index contributed by atoms with van der Waals surface area (Å²) >= 11 is 0. The van der Waals surface area contributed by atoms with Crippen molar-refractivity contribution in [2.75, 3.05) is 13.2 Å². The third kappa shape index (κ3) is 5.34. The van der Waals surface area contributed by atoms with Crippen LogP contribution in [0.2, 0.25) is 0 Å². The molecule has 0 bridgehead atoms. The number of benzene rings is 1. The summed E-state index contributed by atoms with van der Waals surface area (Å²) in [5, 5.41) is 9.16. The molecule has 1 aromatic heterocycles. The highest BCUT2D eigenvalue weighted by atomic mass is 16.5. The third-order valence-electron chi connectivity index (χ3n) is 4.21. The van der Waals surface area contributed by atoms with Gasteiger partial charge in [-0.05, 0) is 24.8 Å². The summed E-state index contributed by atoms with van der Waals surface area (Å²) in [4.78, 5) is 21.9. The Balaban J connectivity index is 1.65. The Morgan fingerprint density at radius 1 is 1.12 bits per heavy atom. The number of aliphatic carboxylic acids is 1. The lowest BCUT2D eigenvalue weighted by atomic mass is 10.1. The molecule has 132 valence electrons. The minimum Gasteiger partial charge on any atom is -0.480 e. The van der Waals surface area contributed by atoms with Gasteiger partial charge in [-0.2, -0.15) is 0 Å². The molecule has 1 aliphatic heterocycles. The minimum absolute atomic E-state index is 0.0118. The molecule has 0 aliphatic carbocycles. The number of ether oxygens (including phenoxy) is 1. The van der Waals surface area contributed by atoms with E-state index in [0.29, 0.717) is 13.1 Å². The Bertz CT molecular complexity index is 670. The van der Waals surface area contributed by atoms with Crippen LogP contribution in [-0.4, -0.2) is 39.1 Å². The molecule has 0 saturated carbocycles. The smallest absolute Gasteiger partial charge is 0.317 e. The Morgan fingerprint density at radius 3 is 2.48 bits per heavy atom. The number of rotatable bonds is 7. The van der Waals surface area contributed by atoms with Crippen LogP contribution < -0.4 is 0 Å². The largest absolute Gasteiger partial charge is 0.480 e. The maximum absolute atomic E-state index is 11.2. The molecule has 1 aliphatic rings. The van der Waals surface area contributed by atoms with E-state index in [4.69, 9.17) is 9.84 Å². The van der Waals surface area contributed by atoms with Gasteiger partial charge in [-0.25, -0.2) is 9.97 Å². The summed E-state index contributed by atoms with van der Waals surface area (Å²) in [5.41, 5.74) is 1.98. The first-order valence-electron chi connectivity index (χ1n) is 8.61. The normalized spacial score (nSPS) is 17.6. The van der Waals surface area contributed by atoms with Crippen LogP contribution in [0.1, 0.15) is 42.3 Å². The number of carbonyl (C=O) groups is 1. The van der Waals surface area contributed by atoms with E-state index in [1.165, 1.54) is 0 Å². The van der Waals surface area contributed by atoms with Gasteiger partial charge in [0.15, 0.2) is 5.82 Å². The monoisotopic (exact) mass is 341 g/mol. The average molecular weight is 341 g/mol. The van der Waals surface area contributed by atoms with E-state index in [-0.39, 0.29) is 12.6 Å². The third-order valence-corrected chi connectivity index (χ3v) is 4.21. The number of carboxylic acid groups (broad SMARTS) is 1. The molecular weight excluding hydrogens is 318 g/mol. The van der Waals surface area contributed by atoms with Crippen molar-refractivity contribution < 1.29 is 14.6 Å². The topological polar surface area (TPSA) is 75.5 Å². The van der Waals surface area contributed by atoms with E-state index in [0.717, 1.165) is 42.8 Å². The number of carboxylic acids is 1. The highest BCUT2D eigenvalue weighted by Gasteiger charge is 2.19. The maximum Gasteiger partial charge on any atom is 0.317 e. The zero-order valence-electron chi connectivity index (χ0n) is 14.2. The van der Waals surface area contributed by atoms with E-state index in [2.05, 4.69) is 9.97 Å². The molecule has 1 N–H and O–H groups in total. The Kier molecular flexibility index (Phi) is 6.09. The molecule has 3 rings (SSSR count). The van der Waals surface area contributed by atoms with Gasteiger partial charge >= 0.3 is 5.97 Å². The Morgan fingerprint density at radius 2 is 1.84 bits per heavy atom. The van der Waals surface area contributed by atoms with Gasteiger partial charge in [0, 0.05) is 37.7 Å².